The van der Waals surface area contributed by atoms with Crippen molar-refractivity contribution in [2.24, 2.45) is 5.92 Å². The molecule has 0 saturated carbocycles. The summed E-state index contributed by atoms with van der Waals surface area (Å²) >= 11 is 0. The number of rotatable bonds is 1. The van der Waals surface area contributed by atoms with E-state index in [0.717, 1.165) is 24.5 Å². The molecule has 0 radical (unpaired) electrons. The van der Waals surface area contributed by atoms with Crippen molar-refractivity contribution < 1.29 is 8.81 Å². The number of nitrogens with zero attached hydrogens (tertiary/aromatic N) is 1. The Kier molecular flexibility index (Phi) is 2.17. The largest absolute Gasteiger partial charge is 0.440 e. The van der Waals surface area contributed by atoms with E-state index in [9.17, 15) is 4.39 Å². The van der Waals surface area contributed by atoms with Crippen LogP contribution in [-0.4, -0.2) is 18.1 Å². The molecule has 1 aliphatic rings. The smallest absolute Gasteiger partial charge is 0.200 e. The van der Waals surface area contributed by atoms with Crippen LogP contribution in [0, 0.1) is 11.7 Å². The highest BCUT2D eigenvalue weighted by Gasteiger charge is 2.28. The van der Waals surface area contributed by atoms with Gasteiger partial charge < -0.3 is 9.73 Å². The van der Waals surface area contributed by atoms with E-state index in [2.05, 4.69) is 17.2 Å². The third-order valence-electron chi connectivity index (χ3n) is 3.20. The number of fused-ring (bicyclic) bond motifs is 1. The highest BCUT2D eigenvalue weighted by Crippen LogP contribution is 2.29. The highest BCUT2D eigenvalue weighted by molar-refractivity contribution is 5.72. The summed E-state index contributed by atoms with van der Waals surface area (Å²) in [6, 6.07) is 4.45. The predicted molar refractivity (Wildman–Crippen MR) is 58.7 cm³/mol. The van der Waals surface area contributed by atoms with Gasteiger partial charge in [0.25, 0.3) is 0 Å². The molecule has 1 N–H and O–H groups in total. The lowest BCUT2D eigenvalue weighted by Gasteiger charge is -2.08. The Bertz CT molecular complexity index is 523. The quantitative estimate of drug-likeness (QED) is 0.801. The third kappa shape index (κ3) is 1.50. The number of nitrogens with one attached hydrogen (secondary N) is 1. The maximum atomic E-state index is 13.0. The van der Waals surface area contributed by atoms with Crippen LogP contribution in [0.1, 0.15) is 18.7 Å². The first-order valence-electron chi connectivity index (χ1n) is 5.51. The van der Waals surface area contributed by atoms with Crippen LogP contribution < -0.4 is 5.32 Å². The van der Waals surface area contributed by atoms with Gasteiger partial charge in [0, 0.05) is 12.6 Å². The predicted octanol–water partition coefficient (Wildman–Crippen LogP) is 2.29. The number of oxazole rings is 1. The Balaban J connectivity index is 2.04. The molecule has 2 heterocycles. The van der Waals surface area contributed by atoms with Crippen molar-refractivity contribution >= 4 is 11.1 Å². The summed E-state index contributed by atoms with van der Waals surface area (Å²) in [4.78, 5) is 4.41. The minimum atomic E-state index is -0.284. The molecule has 4 heteroatoms. The van der Waals surface area contributed by atoms with Gasteiger partial charge in [-0.15, -0.1) is 0 Å². The summed E-state index contributed by atoms with van der Waals surface area (Å²) in [7, 11) is 0. The minimum absolute atomic E-state index is 0.284. The van der Waals surface area contributed by atoms with E-state index in [1.54, 1.807) is 6.07 Å². The van der Waals surface area contributed by atoms with Crippen LogP contribution in [-0.2, 0) is 0 Å². The summed E-state index contributed by atoms with van der Waals surface area (Å²) < 4.78 is 18.6. The molecule has 0 bridgehead atoms. The molecule has 16 heavy (non-hydrogen) atoms. The fourth-order valence-electron chi connectivity index (χ4n) is 2.22. The molecule has 0 amide bonds. The van der Waals surface area contributed by atoms with E-state index in [1.807, 2.05) is 0 Å². The van der Waals surface area contributed by atoms with Crippen LogP contribution in [0.5, 0.6) is 0 Å². The fraction of sp³-hybridized carbons (Fsp3) is 0.417. The van der Waals surface area contributed by atoms with Gasteiger partial charge >= 0.3 is 0 Å². The topological polar surface area (TPSA) is 38.1 Å². The van der Waals surface area contributed by atoms with E-state index < -0.39 is 0 Å². The lowest BCUT2D eigenvalue weighted by atomic mass is 9.98. The molecule has 1 fully saturated rings. The Hall–Kier alpha value is -1.42. The van der Waals surface area contributed by atoms with Gasteiger partial charge in [-0.1, -0.05) is 6.92 Å². The molecule has 3 rings (SSSR count). The maximum absolute atomic E-state index is 13.0. The highest BCUT2D eigenvalue weighted by atomic mass is 19.1. The molecule has 0 aliphatic carbocycles. The Morgan fingerprint density at radius 1 is 1.44 bits per heavy atom. The summed E-state index contributed by atoms with van der Waals surface area (Å²) in [5.74, 6) is 1.25. The normalized spacial score (nSPS) is 25.4. The summed E-state index contributed by atoms with van der Waals surface area (Å²) in [6.45, 7) is 4.04. The van der Waals surface area contributed by atoms with Crippen LogP contribution in [0.3, 0.4) is 0 Å². The first kappa shape index (κ1) is 9.78. The average molecular weight is 220 g/mol. The molecule has 1 aromatic heterocycles. The fourth-order valence-corrected chi connectivity index (χ4v) is 2.22. The molecule has 1 aliphatic heterocycles. The van der Waals surface area contributed by atoms with Crippen molar-refractivity contribution in [1.29, 1.82) is 0 Å². The van der Waals surface area contributed by atoms with Crippen LogP contribution in [0.2, 0.25) is 0 Å². The standard InChI is InChI=1S/C12H13FN2O/c1-7-5-14-6-9(7)12-15-10-3-2-8(13)4-11(10)16-12/h2-4,7,9,14H,5-6H2,1H3/t7-,9-/m1/s1. The molecule has 1 saturated heterocycles. The molecule has 3 nitrogen and oxygen atoms in total. The number of aromatic nitrogens is 1. The van der Waals surface area contributed by atoms with Gasteiger partial charge in [0.2, 0.25) is 0 Å². The number of hydrogen-bond acceptors (Lipinski definition) is 3. The van der Waals surface area contributed by atoms with Gasteiger partial charge in [-0.25, -0.2) is 9.37 Å². The first-order valence-corrected chi connectivity index (χ1v) is 5.51. The number of halogens is 1. The summed E-state index contributed by atoms with van der Waals surface area (Å²) in [6.07, 6.45) is 0. The van der Waals surface area contributed by atoms with Gasteiger partial charge in [-0.05, 0) is 24.6 Å². The summed E-state index contributed by atoms with van der Waals surface area (Å²) in [5.41, 5.74) is 1.27. The van der Waals surface area contributed by atoms with E-state index >= 15 is 0 Å². The van der Waals surface area contributed by atoms with E-state index in [1.165, 1.54) is 12.1 Å². The van der Waals surface area contributed by atoms with E-state index in [-0.39, 0.29) is 5.82 Å². The molecular weight excluding hydrogens is 207 g/mol. The second-order valence-electron chi connectivity index (χ2n) is 4.41. The first-order chi connectivity index (χ1) is 7.74. The van der Waals surface area contributed by atoms with Crippen LogP contribution in [0.4, 0.5) is 4.39 Å². The zero-order valence-corrected chi connectivity index (χ0v) is 9.03. The molecule has 2 aromatic rings. The van der Waals surface area contributed by atoms with Crippen LogP contribution in [0.15, 0.2) is 22.6 Å². The van der Waals surface area contributed by atoms with E-state index in [0.29, 0.717) is 17.4 Å². The monoisotopic (exact) mass is 220 g/mol. The zero-order chi connectivity index (χ0) is 11.1. The van der Waals surface area contributed by atoms with Crippen molar-refractivity contribution in [3.63, 3.8) is 0 Å². The van der Waals surface area contributed by atoms with Gasteiger partial charge in [0.15, 0.2) is 11.5 Å². The second-order valence-corrected chi connectivity index (χ2v) is 4.41. The Labute approximate surface area is 92.7 Å². The molecule has 0 spiro atoms. The second kappa shape index (κ2) is 3.56. The van der Waals surface area contributed by atoms with Crippen LogP contribution in [0.25, 0.3) is 11.1 Å². The zero-order valence-electron chi connectivity index (χ0n) is 9.03. The van der Waals surface area contributed by atoms with Gasteiger partial charge in [0.1, 0.15) is 11.3 Å². The molecular formula is C12H13FN2O. The van der Waals surface area contributed by atoms with Gasteiger partial charge in [-0.2, -0.15) is 0 Å². The molecule has 1 aromatic carbocycles. The Morgan fingerprint density at radius 2 is 2.31 bits per heavy atom. The van der Waals surface area contributed by atoms with Gasteiger partial charge in [0.05, 0.1) is 5.92 Å². The minimum Gasteiger partial charge on any atom is -0.440 e. The third-order valence-corrected chi connectivity index (χ3v) is 3.20. The van der Waals surface area contributed by atoms with Crippen molar-refractivity contribution in [2.45, 2.75) is 12.8 Å². The van der Waals surface area contributed by atoms with Crippen molar-refractivity contribution in [2.75, 3.05) is 13.1 Å². The maximum Gasteiger partial charge on any atom is 0.200 e. The molecule has 2 atom stereocenters. The van der Waals surface area contributed by atoms with Crippen LogP contribution >= 0.6 is 0 Å². The number of hydrogen-bond donors (Lipinski definition) is 1. The van der Waals surface area contributed by atoms with Crippen molar-refractivity contribution in [1.82, 2.24) is 10.3 Å². The summed E-state index contributed by atoms with van der Waals surface area (Å²) in [5, 5.41) is 3.30. The van der Waals surface area contributed by atoms with E-state index in [4.69, 9.17) is 4.42 Å². The number of benzene rings is 1. The average Bonchev–Trinajstić information content (AvgIpc) is 2.82. The SMILES string of the molecule is C[C@@H]1CNC[C@H]1c1nc2ccc(F)cc2o1. The van der Waals surface area contributed by atoms with Crippen molar-refractivity contribution in [3.05, 3.63) is 29.9 Å². The van der Waals surface area contributed by atoms with Crippen molar-refractivity contribution in [3.8, 4) is 0 Å². The van der Waals surface area contributed by atoms with Gasteiger partial charge in [-0.3, -0.25) is 0 Å². The lowest BCUT2D eigenvalue weighted by molar-refractivity contribution is 0.434. The molecule has 0 unspecified atom stereocenters. The lowest BCUT2D eigenvalue weighted by Crippen LogP contribution is -2.08. The Morgan fingerprint density at radius 3 is 3.06 bits per heavy atom. The molecule has 84 valence electrons.